The number of fused-ring (bicyclic) bond motifs is 1. The van der Waals surface area contributed by atoms with Gasteiger partial charge in [-0.05, 0) is 24.8 Å². The molecule has 0 saturated carbocycles. The molecule has 1 unspecified atom stereocenters. The Morgan fingerprint density at radius 2 is 2.04 bits per heavy atom. The molecule has 1 aromatic carbocycles. The van der Waals surface area contributed by atoms with Crippen LogP contribution in [-0.4, -0.2) is 54.9 Å². The molecule has 1 atom stereocenters. The van der Waals surface area contributed by atoms with Gasteiger partial charge >= 0.3 is 0 Å². The van der Waals surface area contributed by atoms with Crippen LogP contribution >= 0.6 is 0 Å². The first-order valence-corrected chi connectivity index (χ1v) is 11.2. The Labute approximate surface area is 166 Å². The van der Waals surface area contributed by atoms with E-state index >= 15 is 0 Å². The van der Waals surface area contributed by atoms with Crippen molar-refractivity contribution in [1.29, 1.82) is 0 Å². The molecular weight excluding hydrogens is 378 g/mol. The summed E-state index contributed by atoms with van der Waals surface area (Å²) in [5, 5.41) is 0. The molecule has 2 aliphatic rings. The average Bonchev–Trinajstić information content (AvgIpc) is 3.33. The molecule has 4 rings (SSSR count). The Morgan fingerprint density at radius 1 is 1.21 bits per heavy atom. The second kappa shape index (κ2) is 8.32. The standard InChI is InChI=1S/C20H27N3O4S/c1-26-15-17-8-5-12-23(17)28(24,25)22-13-11-19-18(14-22)21-20(27-19)10-9-16-6-3-2-4-7-16/h2-4,6-7,17H,5,8-15H2,1H3. The van der Waals surface area contributed by atoms with Crippen molar-refractivity contribution in [2.45, 2.75) is 44.7 Å². The summed E-state index contributed by atoms with van der Waals surface area (Å²) >= 11 is 0. The van der Waals surface area contributed by atoms with Crippen molar-refractivity contribution >= 4 is 10.2 Å². The molecule has 0 bridgehead atoms. The second-order valence-corrected chi connectivity index (χ2v) is 9.30. The van der Waals surface area contributed by atoms with Crippen LogP contribution in [0.1, 0.15) is 35.7 Å². The maximum atomic E-state index is 13.1. The van der Waals surface area contributed by atoms with Crippen LogP contribution in [0.2, 0.25) is 0 Å². The number of methoxy groups -OCH3 is 1. The van der Waals surface area contributed by atoms with E-state index in [9.17, 15) is 8.42 Å². The van der Waals surface area contributed by atoms with Crippen molar-refractivity contribution in [3.05, 3.63) is 53.2 Å². The maximum absolute atomic E-state index is 13.1. The molecule has 0 radical (unpaired) electrons. The van der Waals surface area contributed by atoms with Crippen molar-refractivity contribution in [3.63, 3.8) is 0 Å². The largest absolute Gasteiger partial charge is 0.445 e. The number of nitrogens with zero attached hydrogens (tertiary/aromatic N) is 3. The second-order valence-electron chi connectivity index (χ2n) is 7.42. The lowest BCUT2D eigenvalue weighted by Gasteiger charge is -2.32. The zero-order chi connectivity index (χ0) is 19.6. The third-order valence-corrected chi connectivity index (χ3v) is 7.55. The lowest BCUT2D eigenvalue weighted by atomic mass is 10.1. The van der Waals surface area contributed by atoms with E-state index in [-0.39, 0.29) is 12.6 Å². The third-order valence-electron chi connectivity index (χ3n) is 5.51. The highest BCUT2D eigenvalue weighted by Crippen LogP contribution is 2.28. The number of rotatable bonds is 7. The fourth-order valence-corrected chi connectivity index (χ4v) is 5.85. The summed E-state index contributed by atoms with van der Waals surface area (Å²) in [6.45, 7) is 1.70. The van der Waals surface area contributed by atoms with Gasteiger partial charge in [0.25, 0.3) is 10.2 Å². The van der Waals surface area contributed by atoms with Crippen LogP contribution in [0.25, 0.3) is 0 Å². The Morgan fingerprint density at radius 3 is 2.82 bits per heavy atom. The minimum atomic E-state index is -3.52. The smallest absolute Gasteiger partial charge is 0.282 e. The van der Waals surface area contributed by atoms with Crippen molar-refractivity contribution in [2.75, 3.05) is 26.8 Å². The van der Waals surface area contributed by atoms with E-state index in [0.717, 1.165) is 30.7 Å². The highest BCUT2D eigenvalue weighted by molar-refractivity contribution is 7.86. The van der Waals surface area contributed by atoms with Crippen LogP contribution in [0.5, 0.6) is 0 Å². The highest BCUT2D eigenvalue weighted by atomic mass is 32.2. The summed E-state index contributed by atoms with van der Waals surface area (Å²) in [5.41, 5.74) is 1.99. The molecule has 0 N–H and O–H groups in total. The van der Waals surface area contributed by atoms with E-state index < -0.39 is 10.2 Å². The highest BCUT2D eigenvalue weighted by Gasteiger charge is 2.40. The van der Waals surface area contributed by atoms with Gasteiger partial charge in [0.2, 0.25) is 0 Å². The molecule has 0 spiro atoms. The number of hydrogen-bond acceptors (Lipinski definition) is 5. The third kappa shape index (κ3) is 4.00. The molecule has 3 heterocycles. The van der Waals surface area contributed by atoms with Gasteiger partial charge in [-0.3, -0.25) is 0 Å². The Balaban J connectivity index is 1.43. The predicted octanol–water partition coefficient (Wildman–Crippen LogP) is 2.17. The van der Waals surface area contributed by atoms with Crippen molar-refractivity contribution in [3.8, 4) is 0 Å². The van der Waals surface area contributed by atoms with Gasteiger partial charge in [0, 0.05) is 39.1 Å². The van der Waals surface area contributed by atoms with Gasteiger partial charge in [-0.15, -0.1) is 0 Å². The fourth-order valence-electron chi connectivity index (χ4n) is 4.05. The zero-order valence-corrected chi connectivity index (χ0v) is 17.0. The Bertz CT molecular complexity index is 897. The number of hydrogen-bond donors (Lipinski definition) is 0. The summed E-state index contributed by atoms with van der Waals surface area (Å²) in [5.74, 6) is 1.51. The molecule has 8 heteroatoms. The van der Waals surface area contributed by atoms with E-state index in [1.54, 1.807) is 11.4 Å². The van der Waals surface area contributed by atoms with Crippen molar-refractivity contribution < 1.29 is 17.6 Å². The van der Waals surface area contributed by atoms with Crippen LogP contribution in [0.4, 0.5) is 0 Å². The lowest BCUT2D eigenvalue weighted by molar-refractivity contribution is 0.145. The van der Waals surface area contributed by atoms with Gasteiger partial charge < -0.3 is 9.15 Å². The lowest BCUT2D eigenvalue weighted by Crippen LogP contribution is -2.48. The quantitative estimate of drug-likeness (QED) is 0.706. The van der Waals surface area contributed by atoms with Gasteiger partial charge in [0.15, 0.2) is 5.89 Å². The number of aryl methyl sites for hydroxylation is 2. The summed E-state index contributed by atoms with van der Waals surface area (Å²) < 4.78 is 40.5. The van der Waals surface area contributed by atoms with E-state index in [2.05, 4.69) is 17.1 Å². The minimum absolute atomic E-state index is 0.0739. The summed E-state index contributed by atoms with van der Waals surface area (Å²) in [6, 6.07) is 10.1. The van der Waals surface area contributed by atoms with Gasteiger partial charge in [-0.25, -0.2) is 4.98 Å². The van der Waals surface area contributed by atoms with Gasteiger partial charge in [-0.2, -0.15) is 17.0 Å². The van der Waals surface area contributed by atoms with E-state index in [4.69, 9.17) is 9.15 Å². The monoisotopic (exact) mass is 405 g/mol. The Hall–Kier alpha value is -1.74. The summed E-state index contributed by atoms with van der Waals surface area (Å²) in [7, 11) is -1.90. The molecule has 2 aliphatic heterocycles. The van der Waals surface area contributed by atoms with E-state index in [1.807, 2.05) is 18.2 Å². The van der Waals surface area contributed by atoms with Crippen molar-refractivity contribution in [2.24, 2.45) is 0 Å². The first-order valence-electron chi connectivity index (χ1n) is 9.85. The topological polar surface area (TPSA) is 75.9 Å². The maximum Gasteiger partial charge on any atom is 0.282 e. The SMILES string of the molecule is COCC1CCCN1S(=O)(=O)N1CCc2oc(CCc3ccccc3)nc2C1. The molecule has 7 nitrogen and oxygen atoms in total. The van der Waals surface area contributed by atoms with Crippen LogP contribution in [0.15, 0.2) is 34.7 Å². The molecule has 0 aliphatic carbocycles. The molecule has 0 amide bonds. The molecule has 1 saturated heterocycles. The van der Waals surface area contributed by atoms with Crippen molar-refractivity contribution in [1.82, 2.24) is 13.6 Å². The number of benzene rings is 1. The van der Waals surface area contributed by atoms with E-state index in [1.165, 1.54) is 9.87 Å². The normalized spacial score (nSPS) is 21.1. The fraction of sp³-hybridized carbons (Fsp3) is 0.550. The molecule has 1 aromatic heterocycles. The Kier molecular flexibility index (Phi) is 5.82. The first kappa shape index (κ1) is 19.6. The minimum Gasteiger partial charge on any atom is -0.445 e. The van der Waals surface area contributed by atoms with Crippen LogP contribution in [0.3, 0.4) is 0 Å². The average molecular weight is 406 g/mol. The molecule has 1 fully saturated rings. The van der Waals surface area contributed by atoms with Crippen LogP contribution in [-0.2, 0) is 40.8 Å². The van der Waals surface area contributed by atoms with Crippen LogP contribution in [0, 0.1) is 0 Å². The molecular formula is C20H27N3O4S. The first-order chi connectivity index (χ1) is 13.6. The molecule has 28 heavy (non-hydrogen) atoms. The molecule has 2 aromatic rings. The number of aromatic nitrogens is 1. The van der Waals surface area contributed by atoms with Crippen LogP contribution < -0.4 is 0 Å². The summed E-state index contributed by atoms with van der Waals surface area (Å²) in [4.78, 5) is 4.60. The molecule has 152 valence electrons. The number of ether oxygens (including phenoxy) is 1. The van der Waals surface area contributed by atoms with Gasteiger partial charge in [0.05, 0.1) is 18.8 Å². The number of oxazole rings is 1. The van der Waals surface area contributed by atoms with Gasteiger partial charge in [0.1, 0.15) is 5.76 Å². The summed E-state index contributed by atoms with van der Waals surface area (Å²) in [6.07, 6.45) is 3.86. The predicted molar refractivity (Wildman–Crippen MR) is 105 cm³/mol. The van der Waals surface area contributed by atoms with Gasteiger partial charge in [-0.1, -0.05) is 30.3 Å². The zero-order valence-electron chi connectivity index (χ0n) is 16.2. The van der Waals surface area contributed by atoms with E-state index in [0.29, 0.717) is 38.4 Å².